The van der Waals surface area contributed by atoms with Gasteiger partial charge in [-0.25, -0.2) is 4.98 Å². The second-order valence-corrected chi connectivity index (χ2v) is 7.84. The molecule has 1 aromatic rings. The van der Waals surface area contributed by atoms with E-state index in [1.807, 2.05) is 45.9 Å². The van der Waals surface area contributed by atoms with E-state index in [1.165, 1.54) is 11.8 Å². The third-order valence-corrected chi connectivity index (χ3v) is 5.17. The Labute approximate surface area is 148 Å². The summed E-state index contributed by atoms with van der Waals surface area (Å²) in [5.41, 5.74) is 0.747. The van der Waals surface area contributed by atoms with Crippen LogP contribution in [-0.2, 0) is 14.1 Å². The van der Waals surface area contributed by atoms with E-state index in [4.69, 9.17) is 14.0 Å². The fourth-order valence-electron chi connectivity index (χ4n) is 2.17. The minimum atomic E-state index is -0.505. The highest BCUT2D eigenvalue weighted by Gasteiger charge is 2.52. The summed E-state index contributed by atoms with van der Waals surface area (Å²) in [4.78, 5) is 15.8. The van der Waals surface area contributed by atoms with Gasteiger partial charge in [-0.3, -0.25) is 4.79 Å². The third kappa shape index (κ3) is 4.40. The van der Waals surface area contributed by atoms with Crippen LogP contribution in [0.3, 0.4) is 0 Å². The van der Waals surface area contributed by atoms with Gasteiger partial charge >= 0.3 is 7.12 Å². The molecule has 1 fully saturated rings. The number of nitrogens with zero attached hydrogens (tertiary/aromatic N) is 1. The SMILES string of the molecule is COc1cccc(C=C(CSC(C)=O)B2OC(C)(C)C(C)(C)O2)n1. The summed E-state index contributed by atoms with van der Waals surface area (Å²) in [5, 5.41) is 0.0519. The molecule has 0 atom stereocenters. The van der Waals surface area contributed by atoms with Crippen LogP contribution in [0, 0.1) is 0 Å². The van der Waals surface area contributed by atoms with Crippen molar-refractivity contribution in [3.8, 4) is 5.88 Å². The van der Waals surface area contributed by atoms with E-state index < -0.39 is 18.3 Å². The molecule has 5 nitrogen and oxygen atoms in total. The first-order valence-electron chi connectivity index (χ1n) is 7.85. The van der Waals surface area contributed by atoms with Crippen molar-refractivity contribution >= 4 is 30.1 Å². The van der Waals surface area contributed by atoms with Crippen LogP contribution in [0.4, 0.5) is 0 Å². The van der Waals surface area contributed by atoms with E-state index >= 15 is 0 Å². The fraction of sp³-hybridized carbons (Fsp3) is 0.529. The Morgan fingerprint density at radius 3 is 2.46 bits per heavy atom. The molecule has 7 heteroatoms. The van der Waals surface area contributed by atoms with Crippen LogP contribution in [0.5, 0.6) is 5.88 Å². The summed E-state index contributed by atoms with van der Waals surface area (Å²) in [6.07, 6.45) is 1.90. The van der Waals surface area contributed by atoms with Gasteiger partial charge in [-0.1, -0.05) is 17.8 Å². The highest BCUT2D eigenvalue weighted by molar-refractivity contribution is 8.13. The maximum absolute atomic E-state index is 11.4. The molecule has 0 saturated carbocycles. The lowest BCUT2D eigenvalue weighted by Gasteiger charge is -2.32. The average Bonchev–Trinajstić information content (AvgIpc) is 2.71. The number of rotatable bonds is 5. The molecule has 0 aromatic carbocycles. The van der Waals surface area contributed by atoms with Crippen LogP contribution in [0.2, 0.25) is 0 Å². The Balaban J connectivity index is 2.31. The standard InChI is InChI=1S/C17H24BNO4S/c1-12(20)24-11-13(10-14-8-7-9-15(19-14)21-6)18-22-16(2,3)17(4,5)23-18/h7-10H,11H2,1-6H3. The summed E-state index contributed by atoms with van der Waals surface area (Å²) in [7, 11) is 1.08. The molecule has 0 aliphatic carbocycles. The molecule has 0 spiro atoms. The molecule has 0 unspecified atom stereocenters. The molecule has 130 valence electrons. The first kappa shape index (κ1) is 19.0. The number of carbonyl (C=O) groups excluding carboxylic acids is 1. The lowest BCUT2D eigenvalue weighted by molar-refractivity contribution is -0.109. The largest absolute Gasteiger partial charge is 0.491 e. The van der Waals surface area contributed by atoms with Gasteiger partial charge < -0.3 is 14.0 Å². The van der Waals surface area contributed by atoms with E-state index in [1.54, 1.807) is 20.1 Å². The Morgan fingerprint density at radius 2 is 1.92 bits per heavy atom. The highest BCUT2D eigenvalue weighted by Crippen LogP contribution is 2.39. The van der Waals surface area contributed by atoms with Crippen molar-refractivity contribution in [1.82, 2.24) is 4.98 Å². The zero-order chi connectivity index (χ0) is 18.0. The Bertz CT molecular complexity index is 629. The van der Waals surface area contributed by atoms with Gasteiger partial charge in [-0.2, -0.15) is 0 Å². The van der Waals surface area contributed by atoms with Gasteiger partial charge in [0.2, 0.25) is 5.88 Å². The van der Waals surface area contributed by atoms with Gasteiger partial charge in [0, 0.05) is 18.7 Å². The molecule has 0 bridgehead atoms. The number of hydrogen-bond acceptors (Lipinski definition) is 6. The van der Waals surface area contributed by atoms with Gasteiger partial charge in [0.15, 0.2) is 5.12 Å². The maximum atomic E-state index is 11.4. The normalized spacial score (nSPS) is 19.4. The van der Waals surface area contributed by atoms with E-state index in [0.29, 0.717) is 11.6 Å². The van der Waals surface area contributed by atoms with Crippen molar-refractivity contribution in [2.75, 3.05) is 12.9 Å². The van der Waals surface area contributed by atoms with E-state index in [9.17, 15) is 4.79 Å². The predicted molar refractivity (Wildman–Crippen MR) is 98.0 cm³/mol. The predicted octanol–water partition coefficient (Wildman–Crippen LogP) is 3.38. The number of methoxy groups -OCH3 is 1. The number of hydrogen-bond donors (Lipinski definition) is 0. The van der Waals surface area contributed by atoms with Crippen LogP contribution in [0.1, 0.15) is 40.3 Å². The van der Waals surface area contributed by atoms with Crippen molar-refractivity contribution in [3.05, 3.63) is 29.4 Å². The van der Waals surface area contributed by atoms with Crippen molar-refractivity contribution in [1.29, 1.82) is 0 Å². The molecule has 0 N–H and O–H groups in total. The zero-order valence-corrected chi connectivity index (χ0v) is 15.9. The first-order valence-corrected chi connectivity index (χ1v) is 8.84. The van der Waals surface area contributed by atoms with Gasteiger partial charge in [-0.05, 0) is 45.3 Å². The molecule has 1 aliphatic rings. The lowest BCUT2D eigenvalue weighted by atomic mass is 9.78. The van der Waals surface area contributed by atoms with Gasteiger partial charge in [0.05, 0.1) is 24.0 Å². The highest BCUT2D eigenvalue weighted by atomic mass is 32.2. The van der Waals surface area contributed by atoms with Crippen molar-refractivity contribution in [3.63, 3.8) is 0 Å². The van der Waals surface area contributed by atoms with E-state index in [2.05, 4.69) is 4.98 Å². The summed E-state index contributed by atoms with van der Waals surface area (Å²) >= 11 is 1.23. The molecule has 1 aliphatic heterocycles. The van der Waals surface area contributed by atoms with E-state index in [-0.39, 0.29) is 5.12 Å². The molecule has 1 aromatic heterocycles. The average molecular weight is 349 g/mol. The molecule has 2 heterocycles. The van der Waals surface area contributed by atoms with Gasteiger partial charge in [0.1, 0.15) is 0 Å². The molecule has 0 radical (unpaired) electrons. The van der Waals surface area contributed by atoms with Crippen LogP contribution >= 0.6 is 11.8 Å². The van der Waals surface area contributed by atoms with E-state index in [0.717, 1.165) is 11.2 Å². The number of carbonyl (C=O) groups is 1. The molecule has 1 saturated heterocycles. The van der Waals surface area contributed by atoms with Gasteiger partial charge in [-0.15, -0.1) is 0 Å². The summed E-state index contributed by atoms with van der Waals surface area (Å²) in [6.45, 7) is 9.58. The molecule has 24 heavy (non-hydrogen) atoms. The Morgan fingerprint density at radius 1 is 1.29 bits per heavy atom. The summed E-state index contributed by atoms with van der Waals surface area (Å²) in [6, 6.07) is 5.54. The smallest absolute Gasteiger partial charge is 0.481 e. The lowest BCUT2D eigenvalue weighted by Crippen LogP contribution is -2.41. The molecule has 0 amide bonds. The van der Waals surface area contributed by atoms with Crippen LogP contribution in [0.15, 0.2) is 23.7 Å². The van der Waals surface area contributed by atoms with Crippen LogP contribution < -0.4 is 4.74 Å². The zero-order valence-electron chi connectivity index (χ0n) is 15.1. The number of pyridine rings is 1. The Kier molecular flexibility index (Phi) is 5.78. The minimum Gasteiger partial charge on any atom is -0.481 e. The van der Waals surface area contributed by atoms with Crippen LogP contribution in [0.25, 0.3) is 6.08 Å². The van der Waals surface area contributed by atoms with Crippen LogP contribution in [-0.4, -0.2) is 41.3 Å². The number of ether oxygens (including phenoxy) is 1. The van der Waals surface area contributed by atoms with Crippen molar-refractivity contribution in [2.24, 2.45) is 0 Å². The molecular weight excluding hydrogens is 325 g/mol. The number of thioether (sulfide) groups is 1. The fourth-order valence-corrected chi connectivity index (χ4v) is 2.76. The van der Waals surface area contributed by atoms with Crippen molar-refractivity contribution < 1.29 is 18.8 Å². The summed E-state index contributed by atoms with van der Waals surface area (Å²) in [5.74, 6) is 1.03. The minimum absolute atomic E-state index is 0.0519. The topological polar surface area (TPSA) is 57.7 Å². The second-order valence-electron chi connectivity index (χ2n) is 6.69. The Hall–Kier alpha value is -1.31. The maximum Gasteiger partial charge on any atom is 0.491 e. The molecular formula is C17H24BNO4S. The third-order valence-electron chi connectivity index (χ3n) is 4.29. The first-order chi connectivity index (χ1) is 11.1. The monoisotopic (exact) mass is 349 g/mol. The summed E-state index contributed by atoms with van der Waals surface area (Å²) < 4.78 is 17.4. The number of aromatic nitrogens is 1. The van der Waals surface area contributed by atoms with Gasteiger partial charge in [0.25, 0.3) is 0 Å². The second kappa shape index (κ2) is 7.29. The molecule has 2 rings (SSSR count). The van der Waals surface area contributed by atoms with Crippen molar-refractivity contribution in [2.45, 2.75) is 45.8 Å². The quantitative estimate of drug-likeness (QED) is 0.760.